The van der Waals surface area contributed by atoms with Crippen molar-refractivity contribution in [1.29, 1.82) is 0 Å². The van der Waals surface area contributed by atoms with Crippen molar-refractivity contribution in [2.45, 2.75) is 0 Å². The zero-order chi connectivity index (χ0) is 25.2. The Kier molecular flexibility index (Phi) is 8.20. The second-order valence-electron chi connectivity index (χ2n) is 7.25. The summed E-state index contributed by atoms with van der Waals surface area (Å²) < 4.78 is 5.38. The molecule has 0 unspecified atom stereocenters. The van der Waals surface area contributed by atoms with E-state index in [4.69, 9.17) is 17.6 Å². The average Bonchev–Trinajstić information content (AvgIpc) is 2.88. The van der Waals surface area contributed by atoms with Gasteiger partial charge in [-0.1, -0.05) is 30.0 Å². The minimum Gasteiger partial charge on any atom is -0.495 e. The normalized spacial score (nSPS) is 10.2. The molecule has 0 aliphatic rings. The van der Waals surface area contributed by atoms with E-state index in [1.807, 2.05) is 0 Å². The molecule has 1 heterocycles. The van der Waals surface area contributed by atoms with Crippen molar-refractivity contribution in [1.82, 2.24) is 9.99 Å². The fraction of sp³-hybridized carbons (Fsp3) is 0.111. The van der Waals surface area contributed by atoms with Gasteiger partial charge in [0.25, 0.3) is 11.8 Å². The number of nitrogens with one attached hydrogen (secondary N) is 2. The molecule has 0 spiro atoms. The Labute approximate surface area is 204 Å². The average molecular weight is 466 g/mol. The summed E-state index contributed by atoms with van der Waals surface area (Å²) in [5, 5.41) is 11.3. The van der Waals surface area contributed by atoms with Crippen LogP contribution < -0.4 is 15.4 Å². The minimum atomic E-state index is -0.470. The van der Waals surface area contributed by atoms with E-state index in [0.717, 1.165) is 5.56 Å². The van der Waals surface area contributed by atoms with Gasteiger partial charge in [0.05, 0.1) is 31.1 Å². The third kappa shape index (κ3) is 6.47. The zero-order valence-electron chi connectivity index (χ0n) is 19.3. The number of anilines is 2. The maximum atomic E-state index is 13.0. The zero-order valence-corrected chi connectivity index (χ0v) is 19.3. The van der Waals surface area contributed by atoms with E-state index >= 15 is 0 Å². The van der Waals surface area contributed by atoms with E-state index in [-0.39, 0.29) is 11.3 Å². The number of amides is 2. The summed E-state index contributed by atoms with van der Waals surface area (Å²) in [7, 11) is 3.22. The minimum absolute atomic E-state index is 0.209. The fourth-order valence-electron chi connectivity index (χ4n) is 3.00. The predicted octanol–water partition coefficient (Wildman–Crippen LogP) is 3.48. The number of hydrogen-bond donors (Lipinski definition) is 2. The number of carbonyl (C=O) groups is 2. The number of ether oxygens (including phenoxy) is 1. The van der Waals surface area contributed by atoms with Gasteiger partial charge in [-0.3, -0.25) is 14.6 Å². The molecule has 0 aliphatic heterocycles. The Morgan fingerprint density at radius 2 is 1.86 bits per heavy atom. The van der Waals surface area contributed by atoms with E-state index < -0.39 is 11.8 Å². The topological polar surface area (TPSA) is 95.9 Å². The molecule has 2 aromatic carbocycles. The van der Waals surface area contributed by atoms with Gasteiger partial charge in [0.2, 0.25) is 0 Å². The first kappa shape index (κ1) is 24.6. The molecule has 2 amide bonds. The van der Waals surface area contributed by atoms with Crippen molar-refractivity contribution < 1.29 is 14.3 Å². The Balaban J connectivity index is 1.79. The predicted molar refractivity (Wildman–Crippen MR) is 137 cm³/mol. The molecule has 0 saturated carbocycles. The van der Waals surface area contributed by atoms with E-state index in [2.05, 4.69) is 32.6 Å². The van der Waals surface area contributed by atoms with Crippen LogP contribution in [-0.4, -0.2) is 48.7 Å². The lowest BCUT2D eigenvalue weighted by atomic mass is 10.1. The lowest BCUT2D eigenvalue weighted by molar-refractivity contribution is 0.102. The second kappa shape index (κ2) is 11.7. The van der Waals surface area contributed by atoms with Gasteiger partial charge in [0.15, 0.2) is 0 Å². The van der Waals surface area contributed by atoms with Gasteiger partial charge in [-0.05, 0) is 42.0 Å². The van der Waals surface area contributed by atoms with E-state index in [0.29, 0.717) is 29.2 Å². The first-order valence-corrected chi connectivity index (χ1v) is 10.5. The van der Waals surface area contributed by atoms with Crippen molar-refractivity contribution in [3.8, 4) is 30.4 Å². The smallest absolute Gasteiger partial charge is 0.259 e. The van der Waals surface area contributed by atoms with Crippen LogP contribution >= 0.6 is 0 Å². The van der Waals surface area contributed by atoms with Crippen LogP contribution in [0.1, 0.15) is 31.8 Å². The van der Waals surface area contributed by atoms with Crippen molar-refractivity contribution in [3.05, 3.63) is 83.0 Å². The molecule has 0 saturated heterocycles. The van der Waals surface area contributed by atoms with Crippen LogP contribution in [0.15, 0.2) is 65.9 Å². The highest BCUT2D eigenvalue weighted by molar-refractivity contribution is 6.13. The first-order chi connectivity index (χ1) is 16.9. The third-order valence-electron chi connectivity index (χ3n) is 4.80. The molecular formula is C27H23N5O3. The number of para-hydroxylation sites is 1. The van der Waals surface area contributed by atoms with Gasteiger partial charge in [-0.2, -0.15) is 5.10 Å². The van der Waals surface area contributed by atoms with Crippen LogP contribution in [0.3, 0.4) is 0 Å². The Bertz CT molecular complexity index is 1320. The SMILES string of the molecule is C#CCN(C)N=Cc1ccc(C(=O)Nc2c(OC)cccc2C(=O)Nc2ccc(C#C)cn2)cc1. The van der Waals surface area contributed by atoms with Gasteiger partial charge in [0.1, 0.15) is 11.6 Å². The van der Waals surface area contributed by atoms with Gasteiger partial charge >= 0.3 is 0 Å². The van der Waals surface area contributed by atoms with Crippen LogP contribution in [0.5, 0.6) is 5.75 Å². The number of rotatable bonds is 8. The van der Waals surface area contributed by atoms with Crippen LogP contribution in [0.2, 0.25) is 0 Å². The van der Waals surface area contributed by atoms with Crippen molar-refractivity contribution in [2.24, 2.45) is 5.10 Å². The number of nitrogens with zero attached hydrogens (tertiary/aromatic N) is 3. The molecular weight excluding hydrogens is 442 g/mol. The second-order valence-corrected chi connectivity index (χ2v) is 7.25. The van der Waals surface area contributed by atoms with Crippen molar-refractivity contribution in [3.63, 3.8) is 0 Å². The molecule has 0 fully saturated rings. The number of aromatic nitrogens is 1. The molecule has 2 N–H and O–H groups in total. The summed E-state index contributed by atoms with van der Waals surface area (Å²) in [6.07, 6.45) is 13.7. The fourth-order valence-corrected chi connectivity index (χ4v) is 3.00. The molecule has 8 nitrogen and oxygen atoms in total. The number of methoxy groups -OCH3 is 1. The molecule has 0 aliphatic carbocycles. The number of carbonyl (C=O) groups excluding carboxylic acids is 2. The number of terminal acetylenes is 2. The molecule has 0 atom stereocenters. The molecule has 8 heteroatoms. The number of hydrogen-bond acceptors (Lipinski definition) is 6. The molecule has 3 aromatic rings. The van der Waals surface area contributed by atoms with Crippen molar-refractivity contribution in [2.75, 3.05) is 31.3 Å². The maximum absolute atomic E-state index is 13.0. The van der Waals surface area contributed by atoms with E-state index in [9.17, 15) is 9.59 Å². The number of benzene rings is 2. The summed E-state index contributed by atoms with van der Waals surface area (Å²) in [6.45, 7) is 0.387. The molecule has 35 heavy (non-hydrogen) atoms. The third-order valence-corrected chi connectivity index (χ3v) is 4.80. The van der Waals surface area contributed by atoms with Crippen LogP contribution in [0.25, 0.3) is 0 Å². The lowest BCUT2D eigenvalue weighted by Crippen LogP contribution is -2.19. The monoisotopic (exact) mass is 465 g/mol. The molecule has 3 rings (SSSR count). The Morgan fingerprint density at radius 3 is 2.49 bits per heavy atom. The lowest BCUT2D eigenvalue weighted by Gasteiger charge is -2.15. The van der Waals surface area contributed by atoms with E-state index in [1.165, 1.54) is 13.3 Å². The van der Waals surface area contributed by atoms with Crippen molar-refractivity contribution >= 4 is 29.5 Å². The highest BCUT2D eigenvalue weighted by Crippen LogP contribution is 2.29. The summed E-state index contributed by atoms with van der Waals surface area (Å²) in [4.78, 5) is 30.0. The van der Waals surface area contributed by atoms with Gasteiger partial charge in [-0.25, -0.2) is 4.98 Å². The molecule has 0 radical (unpaired) electrons. The molecule has 1 aromatic heterocycles. The standard InChI is InChI=1S/C27H23N5O3/c1-5-16-32(3)29-18-20-10-13-21(14-11-20)26(33)31-25-22(8-7-9-23(25)35-4)27(34)30-24-15-12-19(6-2)17-28-24/h1-2,7-15,17-18H,16H2,3-4H3,(H,31,33)(H,28,30,34). The highest BCUT2D eigenvalue weighted by Gasteiger charge is 2.19. The van der Waals surface area contributed by atoms with Gasteiger partial charge < -0.3 is 15.4 Å². The van der Waals surface area contributed by atoms with Gasteiger partial charge in [-0.15, -0.1) is 12.8 Å². The summed E-state index contributed by atoms with van der Waals surface area (Å²) in [5.74, 6) is 4.74. The summed E-state index contributed by atoms with van der Waals surface area (Å²) >= 11 is 0. The first-order valence-electron chi connectivity index (χ1n) is 10.5. The molecule has 0 bridgehead atoms. The highest BCUT2D eigenvalue weighted by atomic mass is 16.5. The van der Waals surface area contributed by atoms with Crippen LogP contribution in [-0.2, 0) is 0 Å². The number of hydrazone groups is 1. The van der Waals surface area contributed by atoms with Gasteiger partial charge in [0, 0.05) is 24.4 Å². The number of pyridine rings is 1. The van der Waals surface area contributed by atoms with Crippen LogP contribution in [0, 0.1) is 24.7 Å². The summed E-state index contributed by atoms with van der Waals surface area (Å²) in [6, 6.07) is 15.0. The Hall–Kier alpha value is -5.08. The molecule has 174 valence electrons. The van der Waals surface area contributed by atoms with E-state index in [1.54, 1.807) is 72.9 Å². The largest absolute Gasteiger partial charge is 0.495 e. The summed E-state index contributed by atoms with van der Waals surface area (Å²) in [5.41, 5.74) is 2.23. The van der Waals surface area contributed by atoms with Crippen LogP contribution in [0.4, 0.5) is 11.5 Å². The maximum Gasteiger partial charge on any atom is 0.259 e. The Morgan fingerprint density at radius 1 is 1.09 bits per heavy atom. The quantitative estimate of drug-likeness (QED) is 0.302.